The minimum atomic E-state index is 0.332. The van der Waals surface area contributed by atoms with Gasteiger partial charge in [-0.3, -0.25) is 4.90 Å². The van der Waals surface area contributed by atoms with Crippen LogP contribution in [0.4, 0.5) is 0 Å². The molecular weight excluding hydrogens is 172 g/mol. The van der Waals surface area contributed by atoms with E-state index in [2.05, 4.69) is 37.9 Å². The Balaban J connectivity index is 2.03. The Kier molecular flexibility index (Phi) is 2.39. The Morgan fingerprint density at radius 1 is 1.29 bits per heavy atom. The van der Waals surface area contributed by atoms with Crippen molar-refractivity contribution in [1.29, 1.82) is 0 Å². The first-order chi connectivity index (χ1) is 6.42. The monoisotopic (exact) mass is 196 g/mol. The van der Waals surface area contributed by atoms with Gasteiger partial charge in [0.15, 0.2) is 0 Å². The molecule has 14 heavy (non-hydrogen) atoms. The number of nitrogens with one attached hydrogen (secondary N) is 1. The van der Waals surface area contributed by atoms with Crippen molar-refractivity contribution in [3.8, 4) is 0 Å². The second-order valence-corrected chi connectivity index (χ2v) is 6.21. The second kappa shape index (κ2) is 3.21. The summed E-state index contributed by atoms with van der Waals surface area (Å²) in [6.45, 7) is 13.0. The van der Waals surface area contributed by atoms with E-state index in [1.54, 1.807) is 0 Å². The largest absolute Gasteiger partial charge is 0.309 e. The van der Waals surface area contributed by atoms with Gasteiger partial charge in [0.2, 0.25) is 0 Å². The fourth-order valence-electron chi connectivity index (χ4n) is 2.57. The van der Waals surface area contributed by atoms with Gasteiger partial charge in [0.1, 0.15) is 0 Å². The first-order valence-electron chi connectivity index (χ1n) is 5.92. The lowest BCUT2D eigenvalue weighted by Gasteiger charge is -2.47. The third-order valence-electron chi connectivity index (χ3n) is 3.86. The summed E-state index contributed by atoms with van der Waals surface area (Å²) in [4.78, 5) is 2.63. The number of hydrogen-bond donors (Lipinski definition) is 1. The normalized spacial score (nSPS) is 36.0. The molecule has 1 atom stereocenters. The van der Waals surface area contributed by atoms with E-state index in [1.165, 1.54) is 25.9 Å². The van der Waals surface area contributed by atoms with Crippen molar-refractivity contribution >= 4 is 0 Å². The molecule has 1 N–H and O–H groups in total. The van der Waals surface area contributed by atoms with Crippen molar-refractivity contribution in [3.05, 3.63) is 0 Å². The molecule has 2 aliphatic rings. The summed E-state index contributed by atoms with van der Waals surface area (Å²) in [6.07, 6.45) is 2.86. The predicted octanol–water partition coefficient (Wildman–Crippen LogP) is 1.86. The quantitative estimate of drug-likeness (QED) is 0.688. The van der Waals surface area contributed by atoms with Crippen LogP contribution >= 0.6 is 0 Å². The highest BCUT2D eigenvalue weighted by molar-refractivity contribution is 5.03. The Labute approximate surface area is 88.1 Å². The molecule has 0 radical (unpaired) electrons. The van der Waals surface area contributed by atoms with E-state index in [9.17, 15) is 0 Å². The fourth-order valence-corrected chi connectivity index (χ4v) is 2.57. The molecule has 2 heteroatoms. The Bertz CT molecular complexity index is 215. The number of nitrogens with zero attached hydrogens (tertiary/aromatic N) is 1. The highest BCUT2D eigenvalue weighted by Crippen LogP contribution is 2.41. The smallest absolute Gasteiger partial charge is 0.0309 e. The van der Waals surface area contributed by atoms with Gasteiger partial charge in [-0.2, -0.15) is 0 Å². The molecule has 1 aliphatic carbocycles. The summed E-state index contributed by atoms with van der Waals surface area (Å²) in [6, 6.07) is 0. The van der Waals surface area contributed by atoms with Gasteiger partial charge < -0.3 is 5.32 Å². The Morgan fingerprint density at radius 2 is 1.93 bits per heavy atom. The lowest BCUT2D eigenvalue weighted by atomic mass is 9.90. The van der Waals surface area contributed by atoms with E-state index in [0.717, 1.165) is 12.5 Å². The van der Waals surface area contributed by atoms with Gasteiger partial charge in [-0.15, -0.1) is 0 Å². The van der Waals surface area contributed by atoms with E-state index in [-0.39, 0.29) is 0 Å². The lowest BCUT2D eigenvalue weighted by Crippen LogP contribution is -2.63. The maximum absolute atomic E-state index is 3.72. The van der Waals surface area contributed by atoms with Crippen molar-refractivity contribution in [2.45, 2.75) is 51.6 Å². The molecule has 0 amide bonds. The number of hydrogen-bond acceptors (Lipinski definition) is 2. The molecule has 82 valence electrons. The zero-order valence-electron chi connectivity index (χ0n) is 10.1. The zero-order valence-corrected chi connectivity index (χ0v) is 10.1. The van der Waals surface area contributed by atoms with Gasteiger partial charge in [0.05, 0.1) is 0 Å². The molecule has 0 aromatic carbocycles. The van der Waals surface area contributed by atoms with Gasteiger partial charge in [0.25, 0.3) is 0 Å². The van der Waals surface area contributed by atoms with Crippen molar-refractivity contribution in [2.24, 2.45) is 5.92 Å². The molecule has 2 fully saturated rings. The third kappa shape index (κ3) is 1.96. The average Bonchev–Trinajstić information content (AvgIpc) is 2.84. The van der Waals surface area contributed by atoms with Crippen LogP contribution in [0.1, 0.15) is 40.5 Å². The van der Waals surface area contributed by atoms with Crippen LogP contribution in [0.2, 0.25) is 0 Å². The highest BCUT2D eigenvalue weighted by Gasteiger charge is 2.45. The summed E-state index contributed by atoms with van der Waals surface area (Å²) in [5.41, 5.74) is 0.726. The van der Waals surface area contributed by atoms with Crippen LogP contribution in [0.3, 0.4) is 0 Å². The maximum atomic E-state index is 3.72. The van der Waals surface area contributed by atoms with Gasteiger partial charge in [0, 0.05) is 30.7 Å². The summed E-state index contributed by atoms with van der Waals surface area (Å²) in [5, 5.41) is 3.72. The topological polar surface area (TPSA) is 15.3 Å². The molecule has 2 nitrogen and oxygen atoms in total. The Hall–Kier alpha value is -0.0800. The molecule has 1 saturated carbocycles. The van der Waals surface area contributed by atoms with Gasteiger partial charge >= 0.3 is 0 Å². The highest BCUT2D eigenvalue weighted by atomic mass is 15.3. The Morgan fingerprint density at radius 3 is 2.43 bits per heavy atom. The number of piperazine rings is 1. The van der Waals surface area contributed by atoms with Crippen molar-refractivity contribution < 1.29 is 0 Å². The SMILES string of the molecule is CC1(C2CC2)CN(C(C)(C)C)CCN1. The minimum absolute atomic E-state index is 0.332. The first kappa shape index (κ1) is 10.4. The van der Waals surface area contributed by atoms with Crippen molar-refractivity contribution in [2.75, 3.05) is 19.6 Å². The maximum Gasteiger partial charge on any atom is 0.0309 e. The van der Waals surface area contributed by atoms with Crippen LogP contribution in [0.15, 0.2) is 0 Å². The zero-order chi connectivity index (χ0) is 10.4. The molecule has 1 heterocycles. The van der Waals surface area contributed by atoms with Crippen LogP contribution < -0.4 is 5.32 Å². The summed E-state index contributed by atoms with van der Waals surface area (Å²) >= 11 is 0. The van der Waals surface area contributed by atoms with Crippen LogP contribution in [0.25, 0.3) is 0 Å². The number of rotatable bonds is 1. The van der Waals surface area contributed by atoms with Crippen molar-refractivity contribution in [3.63, 3.8) is 0 Å². The summed E-state index contributed by atoms with van der Waals surface area (Å²) in [7, 11) is 0. The second-order valence-electron chi connectivity index (χ2n) is 6.21. The molecular formula is C12H24N2. The van der Waals surface area contributed by atoms with Crippen LogP contribution in [-0.4, -0.2) is 35.6 Å². The molecule has 0 aromatic rings. The standard InChI is InChI=1S/C12H24N2/c1-11(2,3)14-8-7-13-12(4,9-14)10-5-6-10/h10,13H,5-9H2,1-4H3. The van der Waals surface area contributed by atoms with Crippen molar-refractivity contribution in [1.82, 2.24) is 10.2 Å². The third-order valence-corrected chi connectivity index (χ3v) is 3.86. The van der Waals surface area contributed by atoms with Gasteiger partial charge in [-0.1, -0.05) is 0 Å². The minimum Gasteiger partial charge on any atom is -0.309 e. The summed E-state index contributed by atoms with van der Waals surface area (Å²) in [5.74, 6) is 0.938. The van der Waals surface area contributed by atoms with E-state index >= 15 is 0 Å². The first-order valence-corrected chi connectivity index (χ1v) is 5.92. The van der Waals surface area contributed by atoms with Gasteiger partial charge in [-0.05, 0) is 46.5 Å². The molecule has 2 rings (SSSR count). The van der Waals surface area contributed by atoms with Gasteiger partial charge in [-0.25, -0.2) is 0 Å². The van der Waals surface area contributed by atoms with E-state index < -0.39 is 0 Å². The molecule has 0 spiro atoms. The molecule has 0 aromatic heterocycles. The van der Waals surface area contributed by atoms with E-state index in [0.29, 0.717) is 11.1 Å². The molecule has 1 saturated heterocycles. The lowest BCUT2D eigenvalue weighted by molar-refractivity contribution is 0.0534. The van der Waals surface area contributed by atoms with Crippen LogP contribution in [0, 0.1) is 5.92 Å². The summed E-state index contributed by atoms with van der Waals surface area (Å²) < 4.78 is 0. The fraction of sp³-hybridized carbons (Fsp3) is 1.00. The predicted molar refractivity (Wildman–Crippen MR) is 60.5 cm³/mol. The van der Waals surface area contributed by atoms with E-state index in [4.69, 9.17) is 0 Å². The van der Waals surface area contributed by atoms with Crippen LogP contribution in [-0.2, 0) is 0 Å². The van der Waals surface area contributed by atoms with Crippen LogP contribution in [0.5, 0.6) is 0 Å². The molecule has 1 aliphatic heterocycles. The molecule has 1 unspecified atom stereocenters. The average molecular weight is 196 g/mol. The van der Waals surface area contributed by atoms with E-state index in [1.807, 2.05) is 0 Å². The molecule has 0 bridgehead atoms.